The molecule has 1 aromatic rings. The molecule has 0 aliphatic heterocycles. The summed E-state index contributed by atoms with van der Waals surface area (Å²) in [5.74, 6) is -6.31. The van der Waals surface area contributed by atoms with Gasteiger partial charge in [-0.1, -0.05) is 0 Å². The van der Waals surface area contributed by atoms with E-state index in [0.717, 1.165) is 6.33 Å². The standard InChI is InChI=1S/C7H6F6N4O/c8-6(9,10)4(7(11,12)13)5(18)14-1-3-15-2-16-17-3/h2,4H,1H2,(H,14,18)(H,15,16,17). The summed E-state index contributed by atoms with van der Waals surface area (Å²) >= 11 is 0. The Morgan fingerprint density at radius 3 is 2.22 bits per heavy atom. The van der Waals surface area contributed by atoms with Crippen molar-refractivity contribution < 1.29 is 31.1 Å². The van der Waals surface area contributed by atoms with E-state index in [1.807, 2.05) is 0 Å². The minimum atomic E-state index is -5.70. The summed E-state index contributed by atoms with van der Waals surface area (Å²) in [6, 6.07) is 0. The van der Waals surface area contributed by atoms with E-state index >= 15 is 0 Å². The Hall–Kier alpha value is -1.81. The highest BCUT2D eigenvalue weighted by Crippen LogP contribution is 2.39. The molecule has 1 aromatic heterocycles. The third-order valence-corrected chi connectivity index (χ3v) is 1.81. The number of alkyl halides is 6. The van der Waals surface area contributed by atoms with Crippen molar-refractivity contribution in [1.29, 1.82) is 0 Å². The summed E-state index contributed by atoms with van der Waals surface area (Å²) in [5, 5.41) is 6.97. The van der Waals surface area contributed by atoms with Gasteiger partial charge < -0.3 is 5.32 Å². The zero-order chi connectivity index (χ0) is 14.0. The molecular formula is C7H6F6N4O. The monoisotopic (exact) mass is 276 g/mol. The minimum Gasteiger partial charge on any atom is -0.348 e. The summed E-state index contributed by atoms with van der Waals surface area (Å²) in [6.45, 7) is -0.610. The first-order chi connectivity index (χ1) is 8.12. The number of hydrogen-bond donors (Lipinski definition) is 2. The van der Waals surface area contributed by atoms with Crippen LogP contribution in [0.4, 0.5) is 26.3 Å². The van der Waals surface area contributed by atoms with Crippen LogP contribution < -0.4 is 5.32 Å². The van der Waals surface area contributed by atoms with Gasteiger partial charge in [-0.05, 0) is 0 Å². The lowest BCUT2D eigenvalue weighted by molar-refractivity contribution is -0.274. The molecule has 0 aliphatic rings. The Balaban J connectivity index is 2.72. The predicted molar refractivity (Wildman–Crippen MR) is 43.8 cm³/mol. The van der Waals surface area contributed by atoms with E-state index in [4.69, 9.17) is 0 Å². The molecular weight excluding hydrogens is 270 g/mol. The van der Waals surface area contributed by atoms with Crippen LogP contribution in [0.5, 0.6) is 0 Å². The van der Waals surface area contributed by atoms with Crippen LogP contribution in [0.3, 0.4) is 0 Å². The molecule has 1 amide bonds. The molecule has 0 bridgehead atoms. The minimum absolute atomic E-state index is 0.0635. The number of rotatable bonds is 3. The van der Waals surface area contributed by atoms with Crippen LogP contribution in [0.2, 0.25) is 0 Å². The van der Waals surface area contributed by atoms with Crippen LogP contribution in [-0.2, 0) is 11.3 Å². The highest BCUT2D eigenvalue weighted by molar-refractivity contribution is 5.80. The maximum Gasteiger partial charge on any atom is 0.409 e. The van der Waals surface area contributed by atoms with Crippen molar-refractivity contribution in [3.05, 3.63) is 12.2 Å². The second kappa shape index (κ2) is 4.82. The van der Waals surface area contributed by atoms with E-state index in [0.29, 0.717) is 0 Å². The van der Waals surface area contributed by atoms with E-state index in [9.17, 15) is 31.1 Å². The fourth-order valence-electron chi connectivity index (χ4n) is 1.07. The maximum atomic E-state index is 12.1. The fraction of sp³-hybridized carbons (Fsp3) is 0.571. The first-order valence-corrected chi connectivity index (χ1v) is 4.37. The lowest BCUT2D eigenvalue weighted by atomic mass is 10.1. The van der Waals surface area contributed by atoms with E-state index < -0.39 is 30.7 Å². The largest absolute Gasteiger partial charge is 0.409 e. The smallest absolute Gasteiger partial charge is 0.348 e. The second-order valence-electron chi connectivity index (χ2n) is 3.17. The maximum absolute atomic E-state index is 12.1. The van der Waals surface area contributed by atoms with Crippen molar-refractivity contribution in [3.8, 4) is 0 Å². The molecule has 0 aliphatic carbocycles. The second-order valence-corrected chi connectivity index (χ2v) is 3.17. The first-order valence-electron chi connectivity index (χ1n) is 4.37. The molecule has 11 heteroatoms. The summed E-state index contributed by atoms with van der Waals surface area (Å²) in [4.78, 5) is 14.3. The van der Waals surface area contributed by atoms with E-state index in [2.05, 4.69) is 15.2 Å². The van der Waals surface area contributed by atoms with Crippen molar-refractivity contribution in [2.45, 2.75) is 18.9 Å². The summed E-state index contributed by atoms with van der Waals surface area (Å²) < 4.78 is 72.7. The van der Waals surface area contributed by atoms with Crippen LogP contribution in [0.1, 0.15) is 5.82 Å². The van der Waals surface area contributed by atoms with Crippen molar-refractivity contribution in [2.24, 2.45) is 5.92 Å². The molecule has 0 saturated carbocycles. The molecule has 2 N–H and O–H groups in total. The number of amides is 1. The topological polar surface area (TPSA) is 70.7 Å². The average Bonchev–Trinajstić information content (AvgIpc) is 2.61. The van der Waals surface area contributed by atoms with Gasteiger partial charge in [-0.25, -0.2) is 4.98 Å². The van der Waals surface area contributed by atoms with Gasteiger partial charge in [0, 0.05) is 0 Å². The van der Waals surface area contributed by atoms with Gasteiger partial charge in [0.05, 0.1) is 6.54 Å². The van der Waals surface area contributed by atoms with Gasteiger partial charge in [0.15, 0.2) is 0 Å². The Kier molecular flexibility index (Phi) is 3.82. The van der Waals surface area contributed by atoms with E-state index in [1.54, 1.807) is 0 Å². The number of nitrogens with zero attached hydrogens (tertiary/aromatic N) is 2. The highest BCUT2D eigenvalue weighted by Gasteiger charge is 2.61. The lowest BCUT2D eigenvalue weighted by Gasteiger charge is -2.21. The normalized spacial score (nSPS) is 12.8. The van der Waals surface area contributed by atoms with E-state index in [1.165, 1.54) is 5.32 Å². The molecule has 0 aromatic carbocycles. The van der Waals surface area contributed by atoms with Gasteiger partial charge in [0.25, 0.3) is 0 Å². The van der Waals surface area contributed by atoms with Gasteiger partial charge >= 0.3 is 12.4 Å². The van der Waals surface area contributed by atoms with E-state index in [-0.39, 0.29) is 5.82 Å². The molecule has 0 unspecified atom stereocenters. The zero-order valence-corrected chi connectivity index (χ0v) is 8.43. The number of halogens is 6. The SMILES string of the molecule is O=C(NCc1ncn[nH]1)C(C(F)(F)F)C(F)(F)F. The predicted octanol–water partition coefficient (Wildman–Crippen LogP) is 1.16. The van der Waals surface area contributed by atoms with Crippen molar-refractivity contribution >= 4 is 5.91 Å². The van der Waals surface area contributed by atoms with Crippen molar-refractivity contribution in [1.82, 2.24) is 20.5 Å². The van der Waals surface area contributed by atoms with Gasteiger partial charge in [-0.3, -0.25) is 9.89 Å². The number of carbonyl (C=O) groups is 1. The molecule has 0 radical (unpaired) electrons. The van der Waals surface area contributed by atoms with Gasteiger partial charge in [0.1, 0.15) is 12.2 Å². The highest BCUT2D eigenvalue weighted by atomic mass is 19.4. The molecule has 0 fully saturated rings. The zero-order valence-electron chi connectivity index (χ0n) is 8.43. The Morgan fingerprint density at radius 2 is 1.83 bits per heavy atom. The number of carbonyl (C=O) groups excluding carboxylic acids is 1. The molecule has 1 rings (SSSR count). The number of nitrogens with one attached hydrogen (secondary N) is 2. The molecule has 102 valence electrons. The summed E-state index contributed by atoms with van der Waals surface area (Å²) in [7, 11) is 0. The molecule has 0 saturated heterocycles. The molecule has 5 nitrogen and oxygen atoms in total. The molecule has 0 spiro atoms. The van der Waals surface area contributed by atoms with Gasteiger partial charge in [-0.15, -0.1) is 0 Å². The van der Waals surface area contributed by atoms with Crippen molar-refractivity contribution in [3.63, 3.8) is 0 Å². The average molecular weight is 276 g/mol. The fourth-order valence-corrected chi connectivity index (χ4v) is 1.07. The molecule has 1 heterocycles. The van der Waals surface area contributed by atoms with Crippen LogP contribution in [0.25, 0.3) is 0 Å². The Morgan fingerprint density at radius 1 is 1.28 bits per heavy atom. The van der Waals surface area contributed by atoms with Crippen LogP contribution >= 0.6 is 0 Å². The Labute approximate surface area is 95.6 Å². The van der Waals surface area contributed by atoms with Crippen LogP contribution in [0.15, 0.2) is 6.33 Å². The quantitative estimate of drug-likeness (QED) is 0.814. The Bertz CT molecular complexity index is 383. The van der Waals surface area contributed by atoms with Crippen LogP contribution in [-0.4, -0.2) is 33.4 Å². The first kappa shape index (κ1) is 14.3. The third kappa shape index (κ3) is 3.60. The number of H-pyrrole nitrogens is 1. The summed E-state index contributed by atoms with van der Waals surface area (Å²) in [5.41, 5.74) is 0. The van der Waals surface area contributed by atoms with Gasteiger partial charge in [0.2, 0.25) is 11.8 Å². The number of aromatic nitrogens is 3. The molecule has 0 atom stereocenters. The lowest BCUT2D eigenvalue weighted by Crippen LogP contribution is -2.47. The molecule has 18 heavy (non-hydrogen) atoms. The third-order valence-electron chi connectivity index (χ3n) is 1.81. The van der Waals surface area contributed by atoms with Gasteiger partial charge in [-0.2, -0.15) is 31.4 Å². The van der Waals surface area contributed by atoms with Crippen LogP contribution in [0, 0.1) is 5.92 Å². The summed E-state index contributed by atoms with van der Waals surface area (Å²) in [6.07, 6.45) is -10.4. The van der Waals surface area contributed by atoms with Crippen molar-refractivity contribution in [2.75, 3.05) is 0 Å². The number of aromatic amines is 1. The number of hydrogen-bond acceptors (Lipinski definition) is 3.